The molecule has 0 heterocycles. The van der Waals surface area contributed by atoms with Crippen molar-refractivity contribution in [3.63, 3.8) is 0 Å². The normalized spacial score (nSPS) is 10.1. The van der Waals surface area contributed by atoms with E-state index in [2.05, 4.69) is 15.3 Å². The molecule has 0 aliphatic rings. The predicted octanol–water partition coefficient (Wildman–Crippen LogP) is 2.88. The molecule has 16 heavy (non-hydrogen) atoms. The maximum atomic E-state index is 8.05. The fourth-order valence-corrected chi connectivity index (χ4v) is 1.07. The van der Waals surface area contributed by atoms with Crippen molar-refractivity contribution >= 4 is 25.5 Å². The maximum absolute atomic E-state index is 8.05. The minimum Gasteiger partial charge on any atom is -0.394 e. The zero-order valence-corrected chi connectivity index (χ0v) is 10.1. The lowest BCUT2D eigenvalue weighted by atomic mass is 10.2. The largest absolute Gasteiger partial charge is 0.394 e. The van der Waals surface area contributed by atoms with Crippen LogP contribution in [-0.2, 0) is 11.8 Å². The van der Waals surface area contributed by atoms with Crippen molar-refractivity contribution in [2.24, 2.45) is 10.4 Å². The summed E-state index contributed by atoms with van der Waals surface area (Å²) in [5.74, 6) is 0.477. The molecular weight excluding hydrogens is 245 g/mol. The van der Waals surface area contributed by atoms with Crippen molar-refractivity contribution < 1.29 is 4.84 Å². The Morgan fingerprint density at radius 1 is 1.50 bits per heavy atom. The summed E-state index contributed by atoms with van der Waals surface area (Å²) in [5.41, 5.74) is 8.95. The van der Waals surface area contributed by atoms with Gasteiger partial charge >= 0.3 is 0 Å². The van der Waals surface area contributed by atoms with Crippen LogP contribution in [0.25, 0.3) is 10.4 Å². The molecule has 1 aromatic carbocycles. The van der Waals surface area contributed by atoms with E-state index in [-0.39, 0.29) is 0 Å². The Labute approximate surface area is 99.0 Å². The highest BCUT2D eigenvalue weighted by Gasteiger charge is 1.92. The summed E-state index contributed by atoms with van der Waals surface area (Å²) in [6.07, 6.45) is 1.68. The molecule has 0 spiro atoms. The van der Waals surface area contributed by atoms with Gasteiger partial charge in [0.1, 0.15) is 18.5 Å². The van der Waals surface area contributed by atoms with Crippen LogP contribution in [0.4, 0.5) is 0 Å². The molecule has 1 rings (SSSR count). The third-order valence-electron chi connectivity index (χ3n) is 1.55. The molecule has 0 amide bonds. The second-order valence-electron chi connectivity index (χ2n) is 2.65. The fraction of sp³-hybridized carbons (Fsp3) is 0.125. The van der Waals surface area contributed by atoms with Crippen molar-refractivity contribution in [3.8, 4) is 5.75 Å². The number of hydrogen-bond acceptors (Lipinski definition) is 4. The number of azide groups is 1. The van der Waals surface area contributed by atoms with E-state index in [0.717, 1.165) is 5.56 Å². The van der Waals surface area contributed by atoms with Gasteiger partial charge in [0.25, 0.3) is 0 Å². The first kappa shape index (κ1) is 12.4. The summed E-state index contributed by atoms with van der Waals surface area (Å²) in [4.78, 5) is 7.17. The third-order valence-corrected chi connectivity index (χ3v) is 2.60. The van der Waals surface area contributed by atoms with Gasteiger partial charge in [-0.2, -0.15) is 5.10 Å². The van der Waals surface area contributed by atoms with E-state index in [4.69, 9.17) is 22.2 Å². The van der Waals surface area contributed by atoms with Crippen molar-refractivity contribution in [2.75, 3.05) is 7.05 Å². The van der Waals surface area contributed by atoms with Crippen LogP contribution < -0.4 is 4.84 Å². The zero-order valence-electron chi connectivity index (χ0n) is 8.39. The van der Waals surface area contributed by atoms with E-state index in [1.54, 1.807) is 42.3 Å². The Morgan fingerprint density at radius 3 is 2.75 bits per heavy atom. The minimum atomic E-state index is 0.477. The van der Waals surface area contributed by atoms with Gasteiger partial charge in [0.2, 0.25) is 0 Å². The minimum absolute atomic E-state index is 0.477. The van der Waals surface area contributed by atoms with E-state index in [0.29, 0.717) is 13.3 Å². The summed E-state index contributed by atoms with van der Waals surface area (Å²) in [6, 6.07) is 6.95. The van der Waals surface area contributed by atoms with Crippen LogP contribution in [0.3, 0.4) is 0 Å². The quantitative estimate of drug-likeness (QED) is 0.202. The lowest BCUT2D eigenvalue weighted by Crippen LogP contribution is -1.94. The Balaban J connectivity index is 2.67. The van der Waals surface area contributed by atoms with E-state index in [1.807, 2.05) is 0 Å². The van der Waals surface area contributed by atoms with Crippen LogP contribution in [-0.4, -0.2) is 18.0 Å². The van der Waals surface area contributed by atoms with Crippen molar-refractivity contribution in [2.45, 2.75) is 0 Å². The average Bonchev–Trinajstić information content (AvgIpc) is 2.34. The number of rotatable bonds is 5. The van der Waals surface area contributed by atoms with Crippen molar-refractivity contribution in [1.82, 2.24) is 4.78 Å². The molecule has 8 heteroatoms. The third kappa shape index (κ3) is 4.23. The van der Waals surface area contributed by atoms with E-state index < -0.39 is 0 Å². The average molecular weight is 253 g/mol. The van der Waals surface area contributed by atoms with Crippen LogP contribution in [0.2, 0.25) is 0 Å². The van der Waals surface area contributed by atoms with Crippen molar-refractivity contribution in [1.29, 1.82) is 0 Å². The van der Waals surface area contributed by atoms with Crippen LogP contribution in [0.1, 0.15) is 5.56 Å². The molecule has 0 saturated carbocycles. The molecule has 6 nitrogen and oxygen atoms in total. The smallest absolute Gasteiger partial charge is 0.136 e. The van der Waals surface area contributed by atoms with Crippen molar-refractivity contribution in [3.05, 3.63) is 40.3 Å². The Bertz CT molecular complexity index is 429. The second kappa shape index (κ2) is 6.74. The lowest BCUT2D eigenvalue weighted by molar-refractivity contribution is 0.333. The molecule has 0 aliphatic heterocycles. The summed E-state index contributed by atoms with van der Waals surface area (Å²) in [6.45, 7) is 0. The summed E-state index contributed by atoms with van der Waals surface area (Å²) >= 11 is 4.78. The summed E-state index contributed by atoms with van der Waals surface area (Å²) in [7, 11) is 2.44. The summed E-state index contributed by atoms with van der Waals surface area (Å²) in [5, 5.41) is 7.06. The standard InChI is InChI=1S/C8H8N5OPS/c1-13(15-16)10-6-7-2-4-8(5-3-7)14-12-11-9/h2-6H,1H3/b10-6+. The molecule has 0 aliphatic carbocycles. The first-order chi connectivity index (χ1) is 7.76. The van der Waals surface area contributed by atoms with Gasteiger partial charge in [0, 0.05) is 12.0 Å². The van der Waals surface area contributed by atoms with E-state index in [1.165, 1.54) is 0 Å². The molecule has 0 N–H and O–H groups in total. The second-order valence-corrected chi connectivity index (χ2v) is 3.88. The van der Waals surface area contributed by atoms with Crippen LogP contribution in [0.5, 0.6) is 5.75 Å². The van der Waals surface area contributed by atoms with Gasteiger partial charge in [-0.3, -0.25) is 0 Å². The van der Waals surface area contributed by atoms with Crippen LogP contribution in [0.15, 0.2) is 34.6 Å². The van der Waals surface area contributed by atoms with Gasteiger partial charge in [0.15, 0.2) is 0 Å². The van der Waals surface area contributed by atoms with E-state index in [9.17, 15) is 0 Å². The van der Waals surface area contributed by atoms with Gasteiger partial charge in [-0.1, -0.05) is 0 Å². The molecule has 1 aromatic rings. The topological polar surface area (TPSA) is 73.6 Å². The SMILES string of the molecule is CN(/N=C/c1ccc(ON=[N+]=[N-])cc1)P=S. The number of nitrogens with zero attached hydrogens (tertiary/aromatic N) is 5. The van der Waals surface area contributed by atoms with Gasteiger partial charge < -0.3 is 4.84 Å². The lowest BCUT2D eigenvalue weighted by Gasteiger charge is -2.01. The van der Waals surface area contributed by atoms with Gasteiger partial charge in [-0.05, 0) is 47.2 Å². The molecule has 82 valence electrons. The van der Waals surface area contributed by atoms with Gasteiger partial charge in [0.05, 0.1) is 6.21 Å². The maximum Gasteiger partial charge on any atom is 0.136 e. The molecule has 0 bridgehead atoms. The van der Waals surface area contributed by atoms with E-state index >= 15 is 0 Å². The molecule has 0 saturated heterocycles. The number of hydrazone groups is 1. The van der Waals surface area contributed by atoms with Crippen LogP contribution >= 0.6 is 7.51 Å². The Kier molecular flexibility index (Phi) is 5.22. The molecule has 0 radical (unpaired) electrons. The van der Waals surface area contributed by atoms with Gasteiger partial charge in [-0.15, -0.1) is 0 Å². The Hall–Kier alpha value is -1.68. The predicted molar refractivity (Wildman–Crippen MR) is 65.9 cm³/mol. The number of hydrogen-bond donors (Lipinski definition) is 0. The fourth-order valence-electron chi connectivity index (χ4n) is 0.851. The zero-order chi connectivity index (χ0) is 11.8. The first-order valence-corrected chi connectivity index (χ1v) is 6.05. The number of benzene rings is 1. The highest BCUT2D eigenvalue weighted by molar-refractivity contribution is 7.95. The van der Waals surface area contributed by atoms with Gasteiger partial charge in [-0.25, -0.2) is 4.78 Å². The highest BCUT2D eigenvalue weighted by atomic mass is 32.4. The Morgan fingerprint density at radius 2 is 2.19 bits per heavy atom. The molecule has 0 unspecified atom stereocenters. The molecule has 0 fully saturated rings. The van der Waals surface area contributed by atoms with Crippen LogP contribution in [0, 0.1) is 0 Å². The molecular formula is C8H8N5OPS. The summed E-state index contributed by atoms with van der Waals surface area (Å²) < 4.78 is 1.61. The monoisotopic (exact) mass is 253 g/mol. The highest BCUT2D eigenvalue weighted by Crippen LogP contribution is 2.11. The molecule has 0 atom stereocenters. The first-order valence-electron chi connectivity index (χ1n) is 4.18. The molecule has 0 aromatic heterocycles.